The first kappa shape index (κ1) is 13.8. The smallest absolute Gasteiger partial charge is 0.240 e. The molecule has 1 aromatic carbocycles. The quantitative estimate of drug-likeness (QED) is 0.648. The lowest BCUT2D eigenvalue weighted by molar-refractivity contribution is 0.588. The van der Waals surface area contributed by atoms with E-state index in [-0.39, 0.29) is 4.90 Å². The summed E-state index contributed by atoms with van der Waals surface area (Å²) < 4.78 is 25.5. The Bertz CT molecular complexity index is 674. The minimum Gasteiger partial charge on any atom is -0.398 e. The third-order valence-corrected chi connectivity index (χ3v) is 4.70. The largest absolute Gasteiger partial charge is 0.398 e. The molecule has 3 N–H and O–H groups in total. The molecule has 0 amide bonds. The number of nitrogens with zero attached hydrogens (tertiary/aromatic N) is 2. The van der Waals surface area contributed by atoms with Crippen molar-refractivity contribution in [3.63, 3.8) is 0 Å². The highest BCUT2D eigenvalue weighted by atomic mass is 32.2. The van der Waals surface area contributed by atoms with Crippen LogP contribution in [-0.4, -0.2) is 25.4 Å². The number of hydrogen-bond donors (Lipinski definition) is 2. The minimum absolute atomic E-state index is 0.130. The molecule has 0 radical (unpaired) electrons. The van der Waals surface area contributed by atoms with Crippen LogP contribution in [0.1, 0.15) is 0 Å². The van der Waals surface area contributed by atoms with Gasteiger partial charge in [0, 0.05) is 23.0 Å². The summed E-state index contributed by atoms with van der Waals surface area (Å²) in [4.78, 5) is 8.98. The lowest BCUT2D eigenvalue weighted by Crippen LogP contribution is -2.18. The molecular weight excluding hydrogens is 284 g/mol. The molecular formula is C11H12N4O2S2. The second kappa shape index (κ2) is 5.55. The molecule has 6 nitrogen and oxygen atoms in total. The van der Waals surface area contributed by atoms with E-state index in [1.807, 2.05) is 0 Å². The summed E-state index contributed by atoms with van der Waals surface area (Å²) in [6, 6.07) is 6.27. The van der Waals surface area contributed by atoms with Gasteiger partial charge in [-0.2, -0.15) is 0 Å². The number of rotatable bonds is 4. The van der Waals surface area contributed by atoms with Gasteiger partial charge in [0.25, 0.3) is 0 Å². The Hall–Kier alpha value is -1.64. The third kappa shape index (κ3) is 3.22. The summed E-state index contributed by atoms with van der Waals surface area (Å²) in [6.07, 6.45) is 3.26. The van der Waals surface area contributed by atoms with Gasteiger partial charge < -0.3 is 5.73 Å². The van der Waals surface area contributed by atoms with Gasteiger partial charge in [0.2, 0.25) is 10.0 Å². The van der Waals surface area contributed by atoms with E-state index >= 15 is 0 Å². The maximum Gasteiger partial charge on any atom is 0.240 e. The lowest BCUT2D eigenvalue weighted by atomic mass is 10.3. The van der Waals surface area contributed by atoms with Crippen molar-refractivity contribution in [3.8, 4) is 0 Å². The average Bonchev–Trinajstić information content (AvgIpc) is 2.42. The number of anilines is 1. The highest BCUT2D eigenvalue weighted by Crippen LogP contribution is 2.30. The Balaban J connectivity index is 2.31. The molecule has 2 aromatic rings. The van der Waals surface area contributed by atoms with Crippen molar-refractivity contribution < 1.29 is 8.42 Å². The van der Waals surface area contributed by atoms with Crippen molar-refractivity contribution in [1.82, 2.24) is 14.7 Å². The molecule has 0 aliphatic rings. The lowest BCUT2D eigenvalue weighted by Gasteiger charge is -2.07. The van der Waals surface area contributed by atoms with Crippen molar-refractivity contribution in [2.24, 2.45) is 0 Å². The van der Waals surface area contributed by atoms with E-state index in [1.165, 1.54) is 30.9 Å². The monoisotopic (exact) mass is 296 g/mol. The van der Waals surface area contributed by atoms with Crippen LogP contribution in [0.4, 0.5) is 5.69 Å². The number of sulfonamides is 1. The van der Waals surface area contributed by atoms with Gasteiger partial charge in [0.15, 0.2) is 5.16 Å². The van der Waals surface area contributed by atoms with Gasteiger partial charge in [-0.3, -0.25) is 0 Å². The fourth-order valence-corrected chi connectivity index (χ4v) is 2.84. The maximum atomic E-state index is 11.6. The zero-order chi connectivity index (χ0) is 13.9. The SMILES string of the molecule is CNS(=O)(=O)c1ccc(Sc2ncccn2)c(N)c1. The summed E-state index contributed by atoms with van der Waals surface area (Å²) in [6.45, 7) is 0. The molecule has 8 heteroatoms. The van der Waals surface area contributed by atoms with Crippen LogP contribution in [-0.2, 0) is 10.0 Å². The maximum absolute atomic E-state index is 11.6. The number of hydrogen-bond acceptors (Lipinski definition) is 6. The summed E-state index contributed by atoms with van der Waals surface area (Å²) in [5.74, 6) is 0. The molecule has 0 atom stereocenters. The summed E-state index contributed by atoms with van der Waals surface area (Å²) in [5.41, 5.74) is 6.22. The molecule has 19 heavy (non-hydrogen) atoms. The molecule has 0 aliphatic carbocycles. The Labute approximate surface area is 115 Å². The number of nitrogen functional groups attached to an aromatic ring is 1. The number of benzene rings is 1. The normalized spacial score (nSPS) is 11.4. The topological polar surface area (TPSA) is 98.0 Å². The Morgan fingerprint density at radius 3 is 2.53 bits per heavy atom. The van der Waals surface area contributed by atoms with E-state index in [0.717, 1.165) is 0 Å². The van der Waals surface area contributed by atoms with Crippen LogP contribution in [0.15, 0.2) is 51.6 Å². The first-order valence-corrected chi connectivity index (χ1v) is 7.61. The van der Waals surface area contributed by atoms with E-state index in [1.54, 1.807) is 24.5 Å². The van der Waals surface area contributed by atoms with Crippen LogP contribution in [0.5, 0.6) is 0 Å². The summed E-state index contributed by atoms with van der Waals surface area (Å²) in [5, 5.41) is 0.554. The molecule has 100 valence electrons. The molecule has 1 heterocycles. The second-order valence-corrected chi connectivity index (χ2v) is 6.44. The van der Waals surface area contributed by atoms with Gasteiger partial charge in [-0.1, -0.05) is 0 Å². The zero-order valence-electron chi connectivity index (χ0n) is 10.1. The van der Waals surface area contributed by atoms with Gasteiger partial charge in [-0.25, -0.2) is 23.1 Å². The molecule has 0 aliphatic heterocycles. The average molecular weight is 296 g/mol. The van der Waals surface area contributed by atoms with Gasteiger partial charge in [-0.05, 0) is 43.1 Å². The summed E-state index contributed by atoms with van der Waals surface area (Å²) in [7, 11) is -2.13. The van der Waals surface area contributed by atoms with Gasteiger partial charge in [0.1, 0.15) is 0 Å². The zero-order valence-corrected chi connectivity index (χ0v) is 11.7. The Kier molecular flexibility index (Phi) is 4.03. The molecule has 0 unspecified atom stereocenters. The predicted octanol–water partition coefficient (Wildman–Crippen LogP) is 1.12. The fraction of sp³-hybridized carbons (Fsp3) is 0.0909. The van der Waals surface area contributed by atoms with Crippen LogP contribution in [0.25, 0.3) is 0 Å². The highest BCUT2D eigenvalue weighted by Gasteiger charge is 2.13. The van der Waals surface area contributed by atoms with E-state index in [0.29, 0.717) is 15.7 Å². The first-order valence-electron chi connectivity index (χ1n) is 5.31. The fourth-order valence-electron chi connectivity index (χ4n) is 1.34. The Morgan fingerprint density at radius 2 is 1.95 bits per heavy atom. The standard InChI is InChI=1S/C11H12N4O2S2/c1-13-19(16,17)8-3-4-10(9(12)7-8)18-11-14-5-2-6-15-11/h2-7,13H,12H2,1H3. The van der Waals surface area contributed by atoms with Crippen LogP contribution in [0.2, 0.25) is 0 Å². The van der Waals surface area contributed by atoms with Crippen LogP contribution in [0.3, 0.4) is 0 Å². The minimum atomic E-state index is -3.48. The molecule has 0 saturated heterocycles. The van der Waals surface area contributed by atoms with Crippen molar-refractivity contribution in [2.75, 3.05) is 12.8 Å². The van der Waals surface area contributed by atoms with E-state index < -0.39 is 10.0 Å². The molecule has 0 bridgehead atoms. The molecule has 0 saturated carbocycles. The van der Waals surface area contributed by atoms with E-state index in [9.17, 15) is 8.42 Å². The number of nitrogens with two attached hydrogens (primary N) is 1. The first-order chi connectivity index (χ1) is 9.03. The predicted molar refractivity (Wildman–Crippen MR) is 73.3 cm³/mol. The number of nitrogens with one attached hydrogen (secondary N) is 1. The van der Waals surface area contributed by atoms with Crippen molar-refractivity contribution in [1.29, 1.82) is 0 Å². The van der Waals surface area contributed by atoms with Gasteiger partial charge >= 0.3 is 0 Å². The van der Waals surface area contributed by atoms with E-state index in [4.69, 9.17) is 5.73 Å². The van der Waals surface area contributed by atoms with Crippen LogP contribution in [0, 0.1) is 0 Å². The van der Waals surface area contributed by atoms with Crippen LogP contribution >= 0.6 is 11.8 Å². The van der Waals surface area contributed by atoms with Crippen molar-refractivity contribution in [3.05, 3.63) is 36.7 Å². The highest BCUT2D eigenvalue weighted by molar-refractivity contribution is 7.99. The van der Waals surface area contributed by atoms with E-state index in [2.05, 4.69) is 14.7 Å². The number of aromatic nitrogens is 2. The Morgan fingerprint density at radius 1 is 1.26 bits per heavy atom. The third-order valence-electron chi connectivity index (χ3n) is 2.30. The molecule has 1 aromatic heterocycles. The van der Waals surface area contributed by atoms with Crippen molar-refractivity contribution in [2.45, 2.75) is 14.9 Å². The second-order valence-electron chi connectivity index (χ2n) is 3.54. The molecule has 0 spiro atoms. The van der Waals surface area contributed by atoms with Gasteiger partial charge in [0.05, 0.1) is 4.90 Å². The van der Waals surface area contributed by atoms with Crippen LogP contribution < -0.4 is 10.5 Å². The van der Waals surface area contributed by atoms with Crippen molar-refractivity contribution >= 4 is 27.5 Å². The molecule has 0 fully saturated rings. The summed E-state index contributed by atoms with van der Waals surface area (Å²) >= 11 is 1.28. The van der Waals surface area contributed by atoms with Gasteiger partial charge in [-0.15, -0.1) is 0 Å². The molecule has 2 rings (SSSR count).